The number of carbonyl (C=O) groups is 2. The van der Waals surface area contributed by atoms with Crippen LogP contribution in [-0.2, 0) is 0 Å². The Morgan fingerprint density at radius 3 is 2.45 bits per heavy atom. The highest BCUT2D eigenvalue weighted by atomic mass is 35.5. The van der Waals surface area contributed by atoms with Crippen molar-refractivity contribution in [3.8, 4) is 22.6 Å². The molecule has 1 amide bonds. The number of ether oxygens (including phenoxy) is 2. The van der Waals surface area contributed by atoms with Crippen LogP contribution in [0.3, 0.4) is 0 Å². The third-order valence-corrected chi connectivity index (χ3v) is 6.21. The fourth-order valence-electron chi connectivity index (χ4n) is 4.04. The standard InChI is InChI=1S/C30H22ClN3O4/c1-37-21-15-16-25-23(17-21)27(22-12-6-7-13-24(22)31)28(33-25)29(35)34-32-18-20-11-5-8-14-26(20)38-30(36)19-9-3-2-4-10-19/h2-18,33H,1H3,(H,34,35). The van der Waals surface area contributed by atoms with Gasteiger partial charge in [0.1, 0.15) is 17.2 Å². The lowest BCUT2D eigenvalue weighted by Crippen LogP contribution is -2.19. The van der Waals surface area contributed by atoms with Gasteiger partial charge >= 0.3 is 5.97 Å². The maximum absolute atomic E-state index is 13.3. The summed E-state index contributed by atoms with van der Waals surface area (Å²) in [6.07, 6.45) is 1.42. The minimum absolute atomic E-state index is 0.294. The largest absolute Gasteiger partial charge is 0.497 e. The molecule has 0 atom stereocenters. The molecule has 188 valence electrons. The molecule has 5 aromatic rings. The van der Waals surface area contributed by atoms with Gasteiger partial charge in [-0.2, -0.15) is 5.10 Å². The second-order valence-corrected chi connectivity index (χ2v) is 8.67. The van der Waals surface area contributed by atoms with Crippen LogP contribution in [0.4, 0.5) is 0 Å². The van der Waals surface area contributed by atoms with Gasteiger partial charge in [-0.1, -0.05) is 60.1 Å². The number of nitrogens with one attached hydrogen (secondary N) is 2. The molecule has 1 heterocycles. The van der Waals surface area contributed by atoms with Gasteiger partial charge in [-0.05, 0) is 48.5 Å². The zero-order valence-electron chi connectivity index (χ0n) is 20.3. The Bertz CT molecular complexity index is 1660. The van der Waals surface area contributed by atoms with Gasteiger partial charge in [0.05, 0.1) is 18.9 Å². The van der Waals surface area contributed by atoms with E-state index in [4.69, 9.17) is 21.1 Å². The monoisotopic (exact) mass is 523 g/mol. The van der Waals surface area contributed by atoms with Crippen LogP contribution in [0.25, 0.3) is 22.0 Å². The fraction of sp³-hybridized carbons (Fsp3) is 0.0333. The van der Waals surface area contributed by atoms with E-state index in [0.29, 0.717) is 44.5 Å². The Kier molecular flexibility index (Phi) is 7.19. The summed E-state index contributed by atoms with van der Waals surface area (Å²) in [6, 6.07) is 28.4. The number of para-hydroxylation sites is 1. The number of H-pyrrole nitrogens is 1. The molecule has 0 fully saturated rings. The Labute approximate surface area is 223 Å². The number of fused-ring (bicyclic) bond motifs is 1. The fourth-order valence-corrected chi connectivity index (χ4v) is 4.27. The number of hydrogen-bond acceptors (Lipinski definition) is 5. The molecular weight excluding hydrogens is 502 g/mol. The molecule has 38 heavy (non-hydrogen) atoms. The number of hydrogen-bond donors (Lipinski definition) is 2. The third kappa shape index (κ3) is 5.14. The summed E-state index contributed by atoms with van der Waals surface area (Å²) in [5, 5.41) is 5.41. The summed E-state index contributed by atoms with van der Waals surface area (Å²) in [5.74, 6) is 0.00345. The van der Waals surface area contributed by atoms with Crippen molar-refractivity contribution in [2.75, 3.05) is 7.11 Å². The predicted octanol–water partition coefficient (Wildman–Crippen LogP) is 6.48. The van der Waals surface area contributed by atoms with Crippen LogP contribution in [0.15, 0.2) is 102 Å². The van der Waals surface area contributed by atoms with Crippen molar-refractivity contribution >= 4 is 40.6 Å². The highest BCUT2D eigenvalue weighted by molar-refractivity contribution is 6.34. The zero-order valence-corrected chi connectivity index (χ0v) is 21.0. The van der Waals surface area contributed by atoms with E-state index in [2.05, 4.69) is 15.5 Å². The van der Waals surface area contributed by atoms with Crippen molar-refractivity contribution in [3.63, 3.8) is 0 Å². The van der Waals surface area contributed by atoms with Gasteiger partial charge < -0.3 is 14.5 Å². The molecule has 2 N–H and O–H groups in total. The average Bonchev–Trinajstić information content (AvgIpc) is 3.33. The smallest absolute Gasteiger partial charge is 0.343 e. The number of carbonyl (C=O) groups excluding carboxylic acids is 2. The summed E-state index contributed by atoms with van der Waals surface area (Å²) >= 11 is 6.51. The van der Waals surface area contributed by atoms with Crippen LogP contribution >= 0.6 is 11.6 Å². The molecule has 0 saturated carbocycles. The first-order chi connectivity index (χ1) is 18.5. The quantitative estimate of drug-likeness (QED) is 0.110. The maximum atomic E-state index is 13.3. The molecule has 0 spiro atoms. The van der Waals surface area contributed by atoms with Gasteiger partial charge in [0.2, 0.25) is 0 Å². The molecule has 4 aromatic carbocycles. The van der Waals surface area contributed by atoms with E-state index < -0.39 is 11.9 Å². The third-order valence-electron chi connectivity index (χ3n) is 5.88. The first-order valence-corrected chi connectivity index (χ1v) is 12.1. The van der Waals surface area contributed by atoms with Gasteiger partial charge in [0, 0.05) is 32.6 Å². The van der Waals surface area contributed by atoms with Crippen molar-refractivity contribution in [1.82, 2.24) is 10.4 Å². The molecule has 0 unspecified atom stereocenters. The number of amides is 1. The van der Waals surface area contributed by atoms with Crippen molar-refractivity contribution in [2.45, 2.75) is 0 Å². The Balaban J connectivity index is 1.43. The summed E-state index contributed by atoms with van der Waals surface area (Å²) in [6.45, 7) is 0. The Hall–Kier alpha value is -4.88. The highest BCUT2D eigenvalue weighted by Crippen LogP contribution is 2.38. The van der Waals surface area contributed by atoms with E-state index in [0.717, 1.165) is 10.9 Å². The van der Waals surface area contributed by atoms with Gasteiger partial charge in [0.15, 0.2) is 0 Å². The second kappa shape index (κ2) is 11.0. The molecule has 0 aliphatic rings. The van der Waals surface area contributed by atoms with Crippen molar-refractivity contribution in [3.05, 3.63) is 119 Å². The molecule has 8 heteroatoms. The van der Waals surface area contributed by atoms with E-state index in [1.807, 2.05) is 42.5 Å². The minimum atomic E-state index is -0.492. The summed E-state index contributed by atoms with van der Waals surface area (Å²) < 4.78 is 10.9. The summed E-state index contributed by atoms with van der Waals surface area (Å²) in [4.78, 5) is 29.0. The normalized spacial score (nSPS) is 11.0. The minimum Gasteiger partial charge on any atom is -0.497 e. The summed E-state index contributed by atoms with van der Waals surface area (Å²) in [7, 11) is 1.58. The van der Waals surface area contributed by atoms with E-state index >= 15 is 0 Å². The first kappa shape index (κ1) is 24.8. The van der Waals surface area contributed by atoms with Crippen LogP contribution in [-0.4, -0.2) is 30.2 Å². The number of benzene rings is 4. The number of esters is 1. The maximum Gasteiger partial charge on any atom is 0.343 e. The molecule has 5 rings (SSSR count). The molecule has 0 aliphatic carbocycles. The van der Waals surface area contributed by atoms with E-state index in [1.165, 1.54) is 6.21 Å². The molecule has 7 nitrogen and oxygen atoms in total. The SMILES string of the molecule is COc1ccc2[nH]c(C(=O)NN=Cc3ccccc3OC(=O)c3ccccc3)c(-c3ccccc3Cl)c2c1. The highest BCUT2D eigenvalue weighted by Gasteiger charge is 2.21. The Morgan fingerprint density at radius 2 is 1.66 bits per heavy atom. The van der Waals surface area contributed by atoms with E-state index in [-0.39, 0.29) is 0 Å². The Morgan fingerprint density at radius 1 is 0.921 bits per heavy atom. The number of methoxy groups -OCH3 is 1. The number of aromatic nitrogens is 1. The van der Waals surface area contributed by atoms with E-state index in [1.54, 1.807) is 61.7 Å². The average molecular weight is 524 g/mol. The van der Waals surface area contributed by atoms with Gasteiger partial charge in [-0.3, -0.25) is 4.79 Å². The lowest BCUT2D eigenvalue weighted by atomic mass is 10.0. The number of hydrazone groups is 1. The predicted molar refractivity (Wildman–Crippen MR) is 148 cm³/mol. The molecule has 0 aliphatic heterocycles. The molecule has 0 radical (unpaired) electrons. The number of halogens is 1. The van der Waals surface area contributed by atoms with Gasteiger partial charge in [-0.15, -0.1) is 0 Å². The lowest BCUT2D eigenvalue weighted by molar-refractivity contribution is 0.0734. The number of rotatable bonds is 7. The van der Waals surface area contributed by atoms with Crippen LogP contribution in [0.5, 0.6) is 11.5 Å². The summed E-state index contributed by atoms with van der Waals surface area (Å²) in [5.41, 5.74) is 5.87. The molecule has 0 saturated heterocycles. The van der Waals surface area contributed by atoms with Crippen molar-refractivity contribution in [1.29, 1.82) is 0 Å². The number of nitrogens with zero attached hydrogens (tertiary/aromatic N) is 1. The van der Waals surface area contributed by atoms with Crippen LogP contribution in [0.2, 0.25) is 5.02 Å². The van der Waals surface area contributed by atoms with Crippen molar-refractivity contribution < 1.29 is 19.1 Å². The first-order valence-electron chi connectivity index (χ1n) is 11.7. The van der Waals surface area contributed by atoms with Crippen molar-refractivity contribution in [2.24, 2.45) is 5.10 Å². The lowest BCUT2D eigenvalue weighted by Gasteiger charge is -2.08. The molecular formula is C30H22ClN3O4. The topological polar surface area (TPSA) is 92.8 Å². The van der Waals surface area contributed by atoms with Crippen LogP contribution in [0, 0.1) is 0 Å². The zero-order chi connectivity index (χ0) is 26.5. The van der Waals surface area contributed by atoms with Gasteiger partial charge in [0.25, 0.3) is 5.91 Å². The second-order valence-electron chi connectivity index (χ2n) is 8.26. The van der Waals surface area contributed by atoms with Crippen LogP contribution in [0.1, 0.15) is 26.4 Å². The molecule has 0 bridgehead atoms. The number of aromatic amines is 1. The molecule has 1 aromatic heterocycles. The van der Waals surface area contributed by atoms with E-state index in [9.17, 15) is 9.59 Å². The van der Waals surface area contributed by atoms with Crippen LogP contribution < -0.4 is 14.9 Å². The van der Waals surface area contributed by atoms with Gasteiger partial charge in [-0.25, -0.2) is 10.2 Å².